The van der Waals surface area contributed by atoms with Gasteiger partial charge in [-0.2, -0.15) is 9.78 Å². The van der Waals surface area contributed by atoms with Crippen LogP contribution in [0.1, 0.15) is 56.6 Å². The van der Waals surface area contributed by atoms with Crippen molar-refractivity contribution in [3.8, 4) is 28.3 Å². The molecule has 1 unspecified atom stereocenters. The molecule has 2 bridgehead atoms. The van der Waals surface area contributed by atoms with E-state index in [1.807, 2.05) is 6.92 Å². The number of halogens is 2. The van der Waals surface area contributed by atoms with Gasteiger partial charge < -0.3 is 9.73 Å². The number of benzene rings is 1. The number of fused-ring (bicyclic) bond motifs is 4. The van der Waals surface area contributed by atoms with Crippen LogP contribution in [-0.2, 0) is 4.79 Å². The van der Waals surface area contributed by atoms with Gasteiger partial charge in [0.15, 0.2) is 6.30 Å². The largest absolute Gasteiger partial charge is 0.422 e. The van der Waals surface area contributed by atoms with Crippen molar-refractivity contribution < 1.29 is 13.6 Å². The first-order valence-corrected chi connectivity index (χ1v) is 13.8. The molecule has 5 aromatic rings. The third-order valence-corrected chi connectivity index (χ3v) is 7.66. The van der Waals surface area contributed by atoms with Gasteiger partial charge in [-0.25, -0.2) is 13.9 Å². The number of hydrogen-bond acceptors (Lipinski definition) is 8. The summed E-state index contributed by atoms with van der Waals surface area (Å²) in [5.74, 6) is -0.646. The first kappa shape index (κ1) is 27.5. The van der Waals surface area contributed by atoms with E-state index in [0.717, 1.165) is 0 Å². The van der Waals surface area contributed by atoms with Gasteiger partial charge in [-0.1, -0.05) is 24.9 Å². The Labute approximate surface area is 244 Å². The molecule has 3 atom stereocenters. The van der Waals surface area contributed by atoms with E-state index in [0.29, 0.717) is 69.5 Å². The number of rotatable bonds is 4. The SMILES string of the molecule is CC(F)n1ncc2c1-c1ccnc(c1)[C@@H](c1ccc(-c3cc(Cl)ccc3-n3cnnn3)oc1=O)CCC[C@@H](C)C(=O)N2. The Kier molecular flexibility index (Phi) is 7.38. The van der Waals surface area contributed by atoms with Crippen LogP contribution in [0.5, 0.6) is 0 Å². The Hall–Kier alpha value is -4.71. The standard InChI is InChI=1S/C29H26ClFN8O3/c1-16-4-3-5-20(23-12-18(10-11-32-23)27-24(35-28(16)40)14-34-39(27)17(2)31)21-7-9-26(42-29(21)41)22-13-19(30)6-8-25(22)38-15-33-36-37-38/h6-17,20H,3-5H2,1-2H3,(H,35,40)/t16-,17?,20-/m1/s1. The lowest BCUT2D eigenvalue weighted by atomic mass is 9.88. The van der Waals surface area contributed by atoms with Crippen LogP contribution in [0, 0.1) is 5.92 Å². The lowest BCUT2D eigenvalue weighted by Gasteiger charge is -2.20. The third-order valence-electron chi connectivity index (χ3n) is 7.43. The molecule has 1 aliphatic rings. The highest BCUT2D eigenvalue weighted by Gasteiger charge is 2.26. The maximum absolute atomic E-state index is 14.6. The minimum atomic E-state index is -1.44. The van der Waals surface area contributed by atoms with E-state index < -0.39 is 17.8 Å². The molecule has 214 valence electrons. The van der Waals surface area contributed by atoms with Crippen LogP contribution in [0.4, 0.5) is 10.1 Å². The van der Waals surface area contributed by atoms with Crippen LogP contribution in [-0.4, -0.2) is 40.9 Å². The molecule has 1 aromatic carbocycles. The van der Waals surface area contributed by atoms with Gasteiger partial charge in [-0.3, -0.25) is 9.78 Å². The fraction of sp³-hybridized carbons (Fsp3) is 0.276. The Morgan fingerprint density at radius 2 is 2.00 bits per heavy atom. The van der Waals surface area contributed by atoms with Crippen LogP contribution >= 0.6 is 11.6 Å². The number of tetrazole rings is 1. The maximum atomic E-state index is 14.6. The molecule has 1 amide bonds. The van der Waals surface area contributed by atoms with Gasteiger partial charge in [0.05, 0.1) is 23.3 Å². The van der Waals surface area contributed by atoms with Crippen molar-refractivity contribution in [2.45, 2.75) is 45.3 Å². The Morgan fingerprint density at radius 1 is 1.14 bits per heavy atom. The fourth-order valence-electron chi connectivity index (χ4n) is 5.28. The first-order valence-electron chi connectivity index (χ1n) is 13.5. The second kappa shape index (κ2) is 11.3. The van der Waals surface area contributed by atoms with Crippen LogP contribution in [0.25, 0.3) is 28.3 Å². The van der Waals surface area contributed by atoms with Gasteiger partial charge in [0.25, 0.3) is 0 Å². The number of anilines is 1. The summed E-state index contributed by atoms with van der Waals surface area (Å²) in [5, 5.41) is 18.9. The highest BCUT2D eigenvalue weighted by molar-refractivity contribution is 6.31. The molecule has 0 fully saturated rings. The number of pyridine rings is 1. The van der Waals surface area contributed by atoms with E-state index >= 15 is 0 Å². The first-order chi connectivity index (χ1) is 20.3. The molecule has 0 saturated carbocycles. The lowest BCUT2D eigenvalue weighted by Crippen LogP contribution is -2.22. The average Bonchev–Trinajstić information content (AvgIpc) is 3.66. The molecule has 13 heteroatoms. The molecule has 0 spiro atoms. The van der Waals surface area contributed by atoms with Crippen LogP contribution < -0.4 is 10.9 Å². The molecule has 11 nitrogen and oxygen atoms in total. The lowest BCUT2D eigenvalue weighted by molar-refractivity contribution is -0.119. The molecule has 0 saturated heterocycles. The molecular weight excluding hydrogens is 563 g/mol. The molecular formula is C29H26ClFN8O3. The summed E-state index contributed by atoms with van der Waals surface area (Å²) in [6.07, 6.45) is 4.82. The maximum Gasteiger partial charge on any atom is 0.340 e. The summed E-state index contributed by atoms with van der Waals surface area (Å²) in [5.41, 5.74) is 3.07. The van der Waals surface area contributed by atoms with Gasteiger partial charge in [0.2, 0.25) is 5.91 Å². The number of amides is 1. The van der Waals surface area contributed by atoms with E-state index in [2.05, 4.69) is 30.9 Å². The average molecular weight is 589 g/mol. The topological polar surface area (TPSA) is 134 Å². The summed E-state index contributed by atoms with van der Waals surface area (Å²) in [7, 11) is 0. The van der Waals surface area contributed by atoms with Crippen molar-refractivity contribution in [3.05, 3.63) is 87.9 Å². The van der Waals surface area contributed by atoms with Crippen molar-refractivity contribution in [3.63, 3.8) is 0 Å². The third kappa shape index (κ3) is 5.20. The number of carbonyl (C=O) groups is 1. The molecule has 5 heterocycles. The molecule has 42 heavy (non-hydrogen) atoms. The predicted molar refractivity (Wildman–Crippen MR) is 153 cm³/mol. The predicted octanol–water partition coefficient (Wildman–Crippen LogP) is 5.57. The van der Waals surface area contributed by atoms with E-state index in [-0.39, 0.29) is 11.8 Å². The second-order valence-corrected chi connectivity index (χ2v) is 10.7. The van der Waals surface area contributed by atoms with E-state index in [9.17, 15) is 14.0 Å². The minimum absolute atomic E-state index is 0.183. The Balaban J connectivity index is 1.45. The van der Waals surface area contributed by atoms with E-state index in [4.69, 9.17) is 16.0 Å². The number of aromatic nitrogens is 7. The smallest absolute Gasteiger partial charge is 0.340 e. The van der Waals surface area contributed by atoms with Crippen molar-refractivity contribution in [1.29, 1.82) is 0 Å². The number of alkyl halides is 1. The van der Waals surface area contributed by atoms with Crippen LogP contribution in [0.3, 0.4) is 0 Å². The van der Waals surface area contributed by atoms with Gasteiger partial charge in [0, 0.05) is 45.4 Å². The Morgan fingerprint density at radius 3 is 2.76 bits per heavy atom. The molecule has 1 N–H and O–H groups in total. The van der Waals surface area contributed by atoms with Crippen molar-refractivity contribution in [2.24, 2.45) is 5.92 Å². The minimum Gasteiger partial charge on any atom is -0.422 e. The zero-order chi connectivity index (χ0) is 29.4. The highest BCUT2D eigenvalue weighted by atomic mass is 35.5. The molecule has 4 aromatic heterocycles. The second-order valence-electron chi connectivity index (χ2n) is 10.2. The molecule has 6 rings (SSSR count). The van der Waals surface area contributed by atoms with Crippen molar-refractivity contribution in [1.82, 2.24) is 35.0 Å². The summed E-state index contributed by atoms with van der Waals surface area (Å²) in [6, 6.07) is 12.1. The molecule has 1 aliphatic heterocycles. The van der Waals surface area contributed by atoms with Gasteiger partial charge in [-0.15, -0.1) is 5.10 Å². The van der Waals surface area contributed by atoms with Crippen molar-refractivity contribution >= 4 is 23.2 Å². The molecule has 0 radical (unpaired) electrons. The summed E-state index contributed by atoms with van der Waals surface area (Å²) in [6.45, 7) is 3.21. The molecule has 0 aliphatic carbocycles. The monoisotopic (exact) mass is 588 g/mol. The normalized spacial score (nSPS) is 18.0. The van der Waals surface area contributed by atoms with Crippen LogP contribution in [0.15, 0.2) is 70.4 Å². The summed E-state index contributed by atoms with van der Waals surface area (Å²) >= 11 is 6.28. The Bertz CT molecular complexity index is 1820. The highest BCUT2D eigenvalue weighted by Crippen LogP contribution is 2.36. The zero-order valence-corrected chi connectivity index (χ0v) is 23.5. The number of nitrogens with one attached hydrogen (secondary N) is 1. The van der Waals surface area contributed by atoms with Crippen molar-refractivity contribution in [2.75, 3.05) is 5.32 Å². The quantitative estimate of drug-likeness (QED) is 0.288. The summed E-state index contributed by atoms with van der Waals surface area (Å²) in [4.78, 5) is 31.2. The van der Waals surface area contributed by atoms with Gasteiger partial charge in [0.1, 0.15) is 12.1 Å². The summed E-state index contributed by atoms with van der Waals surface area (Å²) < 4.78 is 23.1. The van der Waals surface area contributed by atoms with Crippen LogP contribution in [0.2, 0.25) is 5.02 Å². The number of hydrogen-bond donors (Lipinski definition) is 1. The van der Waals surface area contributed by atoms with E-state index in [1.165, 1.54) is 28.8 Å². The fourth-order valence-corrected chi connectivity index (χ4v) is 5.45. The zero-order valence-electron chi connectivity index (χ0n) is 22.7. The van der Waals surface area contributed by atoms with Gasteiger partial charge in [-0.05, 0) is 72.7 Å². The van der Waals surface area contributed by atoms with Gasteiger partial charge >= 0.3 is 5.63 Å². The number of carbonyl (C=O) groups excluding carboxylic acids is 1. The van der Waals surface area contributed by atoms with E-state index in [1.54, 1.807) is 48.7 Å². The number of nitrogens with zero attached hydrogens (tertiary/aromatic N) is 7.